The van der Waals surface area contributed by atoms with Crippen molar-refractivity contribution in [3.8, 4) is 0 Å². The van der Waals surface area contributed by atoms with Crippen LogP contribution >= 0.6 is 0 Å². The van der Waals surface area contributed by atoms with Crippen molar-refractivity contribution in [2.24, 2.45) is 0 Å². The van der Waals surface area contributed by atoms with E-state index in [-0.39, 0.29) is 0 Å². The number of nitrogens with zero attached hydrogens (tertiary/aromatic N) is 3. The molecule has 0 unspecified atom stereocenters. The summed E-state index contributed by atoms with van der Waals surface area (Å²) in [7, 11) is 0. The molecule has 2 aromatic rings. The van der Waals surface area contributed by atoms with Gasteiger partial charge in [-0.2, -0.15) is 5.10 Å². The van der Waals surface area contributed by atoms with Gasteiger partial charge < -0.3 is 4.52 Å². The molecule has 0 aromatic carbocycles. The standard InChI is InChI=1S/C14H20N4O/c1-10-13(11(2)19-17-10)9-18-7-4-12(5-8-18)14-3-6-15-16-14/h3,6,12H,4-5,7-9H2,1-2H3,(H,15,16). The molecule has 0 atom stereocenters. The quantitative estimate of drug-likeness (QED) is 0.920. The van der Waals surface area contributed by atoms with Crippen LogP contribution in [0.1, 0.15) is 41.5 Å². The molecule has 1 fully saturated rings. The molecule has 5 nitrogen and oxygen atoms in total. The minimum atomic E-state index is 0.628. The van der Waals surface area contributed by atoms with Gasteiger partial charge in [-0.1, -0.05) is 5.16 Å². The van der Waals surface area contributed by atoms with Gasteiger partial charge in [0.1, 0.15) is 5.76 Å². The van der Waals surface area contributed by atoms with E-state index in [9.17, 15) is 0 Å². The fourth-order valence-corrected chi connectivity index (χ4v) is 2.85. The van der Waals surface area contributed by atoms with Gasteiger partial charge in [-0.15, -0.1) is 0 Å². The summed E-state index contributed by atoms with van der Waals surface area (Å²) in [5, 5.41) is 11.2. The predicted octanol–water partition coefficient (Wildman–Crippen LogP) is 2.39. The van der Waals surface area contributed by atoms with E-state index >= 15 is 0 Å². The van der Waals surface area contributed by atoms with Crippen LogP contribution in [0.25, 0.3) is 0 Å². The number of likely N-dealkylation sites (tertiary alicyclic amines) is 1. The van der Waals surface area contributed by atoms with Crippen molar-refractivity contribution in [1.82, 2.24) is 20.3 Å². The molecule has 2 aromatic heterocycles. The molecule has 102 valence electrons. The highest BCUT2D eigenvalue weighted by molar-refractivity contribution is 5.20. The Morgan fingerprint density at radius 3 is 2.74 bits per heavy atom. The van der Waals surface area contributed by atoms with Crippen LogP contribution in [-0.4, -0.2) is 33.3 Å². The lowest BCUT2D eigenvalue weighted by molar-refractivity contribution is 0.202. The monoisotopic (exact) mass is 260 g/mol. The van der Waals surface area contributed by atoms with Gasteiger partial charge in [0, 0.05) is 29.9 Å². The zero-order chi connectivity index (χ0) is 13.2. The van der Waals surface area contributed by atoms with E-state index in [1.54, 1.807) is 0 Å². The lowest BCUT2D eigenvalue weighted by Gasteiger charge is -2.31. The third kappa shape index (κ3) is 2.56. The average Bonchev–Trinajstić information content (AvgIpc) is 3.05. The van der Waals surface area contributed by atoms with Gasteiger partial charge in [-0.05, 0) is 45.8 Å². The van der Waals surface area contributed by atoms with Gasteiger partial charge in [-0.25, -0.2) is 0 Å². The van der Waals surface area contributed by atoms with Gasteiger partial charge >= 0.3 is 0 Å². The van der Waals surface area contributed by atoms with Crippen LogP contribution < -0.4 is 0 Å². The van der Waals surface area contributed by atoms with Gasteiger partial charge in [0.2, 0.25) is 0 Å². The molecule has 3 heterocycles. The van der Waals surface area contributed by atoms with Crippen molar-refractivity contribution >= 4 is 0 Å². The molecule has 0 radical (unpaired) electrons. The Morgan fingerprint density at radius 1 is 1.37 bits per heavy atom. The summed E-state index contributed by atoms with van der Waals surface area (Å²) >= 11 is 0. The Hall–Kier alpha value is -1.62. The van der Waals surface area contributed by atoms with Gasteiger partial charge in [0.15, 0.2) is 0 Å². The first-order valence-corrected chi connectivity index (χ1v) is 6.87. The molecule has 0 bridgehead atoms. The number of hydrogen-bond acceptors (Lipinski definition) is 4. The molecule has 1 saturated heterocycles. The van der Waals surface area contributed by atoms with E-state index < -0.39 is 0 Å². The van der Waals surface area contributed by atoms with Crippen molar-refractivity contribution in [3.63, 3.8) is 0 Å². The Balaban J connectivity index is 1.59. The summed E-state index contributed by atoms with van der Waals surface area (Å²) < 4.78 is 5.23. The summed E-state index contributed by atoms with van der Waals surface area (Å²) in [4.78, 5) is 2.49. The van der Waals surface area contributed by atoms with Crippen molar-refractivity contribution in [2.45, 2.75) is 39.2 Å². The van der Waals surface area contributed by atoms with Crippen LogP contribution in [0.3, 0.4) is 0 Å². The topological polar surface area (TPSA) is 58.0 Å². The molecule has 3 rings (SSSR count). The highest BCUT2D eigenvalue weighted by Crippen LogP contribution is 2.27. The highest BCUT2D eigenvalue weighted by atomic mass is 16.5. The minimum Gasteiger partial charge on any atom is -0.361 e. The Bertz CT molecular complexity index is 504. The van der Waals surface area contributed by atoms with E-state index in [4.69, 9.17) is 4.52 Å². The Morgan fingerprint density at radius 2 is 2.16 bits per heavy atom. The number of piperidine rings is 1. The largest absolute Gasteiger partial charge is 0.361 e. The molecule has 0 saturated carbocycles. The average molecular weight is 260 g/mol. The molecule has 19 heavy (non-hydrogen) atoms. The lowest BCUT2D eigenvalue weighted by Crippen LogP contribution is -2.32. The fourth-order valence-electron chi connectivity index (χ4n) is 2.85. The maximum atomic E-state index is 5.23. The number of aryl methyl sites for hydroxylation is 2. The summed E-state index contributed by atoms with van der Waals surface area (Å²) in [5.74, 6) is 1.58. The number of aromatic nitrogens is 3. The molecule has 0 aliphatic carbocycles. The summed E-state index contributed by atoms with van der Waals surface area (Å²) in [5.41, 5.74) is 3.55. The van der Waals surface area contributed by atoms with Gasteiger partial charge in [-0.3, -0.25) is 10.00 Å². The van der Waals surface area contributed by atoms with E-state index in [0.717, 1.165) is 31.1 Å². The second kappa shape index (κ2) is 5.17. The smallest absolute Gasteiger partial charge is 0.138 e. The van der Waals surface area contributed by atoms with Crippen LogP contribution in [0.4, 0.5) is 0 Å². The lowest BCUT2D eigenvalue weighted by atomic mass is 9.93. The molecule has 1 N–H and O–H groups in total. The number of hydrogen-bond donors (Lipinski definition) is 1. The second-order valence-corrected chi connectivity index (χ2v) is 5.37. The van der Waals surface area contributed by atoms with Crippen molar-refractivity contribution in [3.05, 3.63) is 35.0 Å². The number of rotatable bonds is 3. The summed E-state index contributed by atoms with van der Waals surface area (Å²) in [6.45, 7) is 7.20. The van der Waals surface area contributed by atoms with Gasteiger partial charge in [0.25, 0.3) is 0 Å². The first-order valence-electron chi connectivity index (χ1n) is 6.87. The molecular formula is C14H20N4O. The SMILES string of the molecule is Cc1noc(C)c1CN1CCC(c2ccn[nH]2)CC1. The highest BCUT2D eigenvalue weighted by Gasteiger charge is 2.23. The molecule has 1 aliphatic heterocycles. The van der Waals surface area contributed by atoms with E-state index in [1.165, 1.54) is 24.1 Å². The second-order valence-electron chi connectivity index (χ2n) is 5.37. The van der Waals surface area contributed by atoms with Crippen LogP contribution in [0.5, 0.6) is 0 Å². The number of H-pyrrole nitrogens is 1. The Kier molecular flexibility index (Phi) is 3.38. The van der Waals surface area contributed by atoms with E-state index in [1.807, 2.05) is 20.0 Å². The molecule has 0 spiro atoms. The molecular weight excluding hydrogens is 240 g/mol. The Labute approximate surface area is 113 Å². The van der Waals surface area contributed by atoms with Crippen LogP contribution in [0.15, 0.2) is 16.8 Å². The first kappa shape index (κ1) is 12.4. The molecule has 0 amide bonds. The van der Waals surface area contributed by atoms with Crippen molar-refractivity contribution in [1.29, 1.82) is 0 Å². The molecule has 1 aliphatic rings. The van der Waals surface area contributed by atoms with Crippen LogP contribution in [0, 0.1) is 13.8 Å². The first-order chi connectivity index (χ1) is 9.24. The van der Waals surface area contributed by atoms with Crippen molar-refractivity contribution < 1.29 is 4.52 Å². The summed E-state index contributed by atoms with van der Waals surface area (Å²) in [6.07, 6.45) is 4.21. The van der Waals surface area contributed by atoms with Crippen molar-refractivity contribution in [2.75, 3.05) is 13.1 Å². The fraction of sp³-hybridized carbons (Fsp3) is 0.571. The van der Waals surface area contributed by atoms with E-state index in [0.29, 0.717) is 5.92 Å². The maximum Gasteiger partial charge on any atom is 0.138 e. The van der Waals surface area contributed by atoms with Crippen LogP contribution in [-0.2, 0) is 6.54 Å². The third-order valence-corrected chi connectivity index (χ3v) is 4.11. The number of nitrogens with one attached hydrogen (secondary N) is 1. The predicted molar refractivity (Wildman–Crippen MR) is 71.8 cm³/mol. The zero-order valence-electron chi connectivity index (χ0n) is 11.5. The maximum absolute atomic E-state index is 5.23. The number of aromatic amines is 1. The zero-order valence-corrected chi connectivity index (χ0v) is 11.5. The van der Waals surface area contributed by atoms with E-state index in [2.05, 4.69) is 26.3 Å². The van der Waals surface area contributed by atoms with Crippen LogP contribution in [0.2, 0.25) is 0 Å². The summed E-state index contributed by atoms with van der Waals surface area (Å²) in [6, 6.07) is 2.09. The van der Waals surface area contributed by atoms with Gasteiger partial charge in [0.05, 0.1) is 5.69 Å². The minimum absolute atomic E-state index is 0.628. The third-order valence-electron chi connectivity index (χ3n) is 4.11. The normalized spacial score (nSPS) is 18.0. The molecule has 5 heteroatoms.